The number of benzene rings is 1. The van der Waals surface area contributed by atoms with Crippen molar-refractivity contribution in [3.8, 4) is 0 Å². The van der Waals surface area contributed by atoms with Crippen LogP contribution in [0.25, 0.3) is 0 Å². The smallest absolute Gasteiger partial charge is 0.317 e. The SMILES string of the molecule is Br.CC(C)CC(=O)OC[C@@H](C(=O)OC1C[C@@H]2[C@H]3O[C@H]3[C@H](C1)N2C)c1ccccc1. The monoisotopic (exact) mass is 467 g/mol. The Bertz CT molecular complexity index is 709. The van der Waals surface area contributed by atoms with Gasteiger partial charge in [0, 0.05) is 31.3 Å². The molecule has 7 heteroatoms. The summed E-state index contributed by atoms with van der Waals surface area (Å²) >= 11 is 0. The van der Waals surface area contributed by atoms with Gasteiger partial charge in [0.2, 0.25) is 0 Å². The van der Waals surface area contributed by atoms with Crippen LogP contribution in [-0.4, -0.2) is 60.9 Å². The molecule has 0 amide bonds. The van der Waals surface area contributed by atoms with Crippen LogP contribution in [-0.2, 0) is 23.8 Å². The van der Waals surface area contributed by atoms with E-state index in [2.05, 4.69) is 11.9 Å². The van der Waals surface area contributed by atoms with Gasteiger partial charge < -0.3 is 14.2 Å². The summed E-state index contributed by atoms with van der Waals surface area (Å²) in [6, 6.07) is 10.1. The Labute approximate surface area is 182 Å². The number of rotatable bonds is 7. The predicted octanol–water partition coefficient (Wildman–Crippen LogP) is 3.09. The van der Waals surface area contributed by atoms with E-state index in [1.165, 1.54) is 0 Å². The van der Waals surface area contributed by atoms with Gasteiger partial charge in [-0.3, -0.25) is 14.5 Å². The summed E-state index contributed by atoms with van der Waals surface area (Å²) in [5, 5.41) is 0. The highest BCUT2D eigenvalue weighted by atomic mass is 79.9. The number of carbonyl (C=O) groups excluding carboxylic acids is 2. The average molecular weight is 468 g/mol. The molecule has 0 aromatic heterocycles. The van der Waals surface area contributed by atoms with Gasteiger partial charge in [0.15, 0.2) is 0 Å². The van der Waals surface area contributed by atoms with Gasteiger partial charge in [-0.25, -0.2) is 0 Å². The molecule has 160 valence electrons. The summed E-state index contributed by atoms with van der Waals surface area (Å²) < 4.78 is 17.0. The normalized spacial score (nSPS) is 30.8. The number of hydrogen-bond donors (Lipinski definition) is 0. The van der Waals surface area contributed by atoms with Crippen LogP contribution in [0.2, 0.25) is 0 Å². The van der Waals surface area contributed by atoms with Gasteiger partial charge in [-0.2, -0.15) is 0 Å². The molecule has 3 aliphatic heterocycles. The highest BCUT2D eigenvalue weighted by molar-refractivity contribution is 8.93. The zero-order valence-corrected chi connectivity index (χ0v) is 18.9. The summed E-state index contributed by atoms with van der Waals surface area (Å²) in [6.07, 6.45) is 2.45. The molecule has 0 aliphatic carbocycles. The first-order valence-corrected chi connectivity index (χ1v) is 10.2. The number of hydrogen-bond acceptors (Lipinski definition) is 6. The summed E-state index contributed by atoms with van der Waals surface area (Å²) in [4.78, 5) is 27.3. The van der Waals surface area contributed by atoms with Crippen LogP contribution in [0.4, 0.5) is 0 Å². The van der Waals surface area contributed by atoms with Crippen molar-refractivity contribution in [2.75, 3.05) is 13.7 Å². The first-order chi connectivity index (χ1) is 13.4. The third-order valence-corrected chi connectivity index (χ3v) is 6.13. The maximum absolute atomic E-state index is 13.0. The third-order valence-electron chi connectivity index (χ3n) is 6.13. The molecular formula is C22H30BrNO5. The Hall–Kier alpha value is -1.44. The highest BCUT2D eigenvalue weighted by Gasteiger charge is 2.62. The maximum Gasteiger partial charge on any atom is 0.317 e. The maximum atomic E-state index is 13.0. The van der Waals surface area contributed by atoms with Crippen molar-refractivity contribution < 1.29 is 23.8 Å². The molecule has 1 aromatic rings. The molecule has 0 N–H and O–H groups in total. The Morgan fingerprint density at radius 3 is 2.34 bits per heavy atom. The van der Waals surface area contributed by atoms with Gasteiger partial charge in [0.05, 0.1) is 0 Å². The van der Waals surface area contributed by atoms with E-state index in [4.69, 9.17) is 14.2 Å². The molecule has 6 nitrogen and oxygen atoms in total. The largest absolute Gasteiger partial charge is 0.464 e. The molecular weight excluding hydrogens is 438 g/mol. The van der Waals surface area contributed by atoms with Crippen LogP contribution >= 0.6 is 17.0 Å². The minimum absolute atomic E-state index is 0. The lowest BCUT2D eigenvalue weighted by molar-refractivity contribution is -0.159. The lowest BCUT2D eigenvalue weighted by Crippen LogP contribution is -2.48. The lowest BCUT2D eigenvalue weighted by atomic mass is 9.97. The van der Waals surface area contributed by atoms with E-state index in [1.807, 2.05) is 44.2 Å². The van der Waals surface area contributed by atoms with Crippen molar-refractivity contribution >= 4 is 28.9 Å². The number of piperidine rings is 1. The topological polar surface area (TPSA) is 68.4 Å². The van der Waals surface area contributed by atoms with E-state index < -0.39 is 5.92 Å². The molecule has 0 saturated carbocycles. The summed E-state index contributed by atoms with van der Waals surface area (Å²) in [6.45, 7) is 3.95. The molecule has 29 heavy (non-hydrogen) atoms. The zero-order chi connectivity index (χ0) is 19.8. The third kappa shape index (κ3) is 4.84. The van der Waals surface area contributed by atoms with Crippen LogP contribution in [0.3, 0.4) is 0 Å². The van der Waals surface area contributed by atoms with Crippen molar-refractivity contribution in [2.45, 2.75) is 69.4 Å². The predicted molar refractivity (Wildman–Crippen MR) is 113 cm³/mol. The average Bonchev–Trinajstić information content (AvgIpc) is 3.40. The fourth-order valence-electron chi connectivity index (χ4n) is 4.60. The molecule has 6 atom stereocenters. The van der Waals surface area contributed by atoms with E-state index in [9.17, 15) is 9.59 Å². The van der Waals surface area contributed by atoms with Crippen molar-refractivity contribution in [3.63, 3.8) is 0 Å². The van der Waals surface area contributed by atoms with E-state index in [-0.39, 0.29) is 47.5 Å². The number of esters is 2. The fourth-order valence-corrected chi connectivity index (χ4v) is 4.60. The van der Waals surface area contributed by atoms with Gasteiger partial charge in [0.1, 0.15) is 30.8 Å². The Kier molecular flexibility index (Phi) is 7.02. The van der Waals surface area contributed by atoms with Gasteiger partial charge in [-0.15, -0.1) is 17.0 Å². The first-order valence-electron chi connectivity index (χ1n) is 10.2. The van der Waals surface area contributed by atoms with Gasteiger partial charge >= 0.3 is 11.9 Å². The van der Waals surface area contributed by atoms with Crippen LogP contribution in [0.15, 0.2) is 30.3 Å². The van der Waals surface area contributed by atoms with Crippen LogP contribution in [0.1, 0.15) is 44.6 Å². The molecule has 4 rings (SSSR count). The number of likely N-dealkylation sites (N-methyl/N-ethyl adjacent to an activating group) is 1. The molecule has 1 unspecified atom stereocenters. The number of ether oxygens (including phenoxy) is 3. The number of morpholine rings is 1. The minimum Gasteiger partial charge on any atom is -0.464 e. The van der Waals surface area contributed by atoms with Gasteiger partial charge in [-0.1, -0.05) is 44.2 Å². The molecule has 1 aromatic carbocycles. The van der Waals surface area contributed by atoms with Crippen molar-refractivity contribution in [1.29, 1.82) is 0 Å². The minimum atomic E-state index is -0.597. The van der Waals surface area contributed by atoms with Crippen LogP contribution in [0.5, 0.6) is 0 Å². The standard InChI is InChI=1S/C22H29NO5.BrH/c1-13(2)9-19(24)26-12-16(14-7-5-4-6-8-14)22(25)27-15-10-17-20-21(28-20)18(11-15)23(17)3;/h4-8,13,15-18,20-21H,9-12H2,1-3H3;1H/t15?,16-,17-,18+,20-,21+;/m1./s1. The quantitative estimate of drug-likeness (QED) is 0.453. The van der Waals surface area contributed by atoms with Gasteiger partial charge in [0.25, 0.3) is 0 Å². The van der Waals surface area contributed by atoms with E-state index in [0.717, 1.165) is 18.4 Å². The van der Waals surface area contributed by atoms with E-state index >= 15 is 0 Å². The number of nitrogens with zero attached hydrogens (tertiary/aromatic N) is 1. The first kappa shape index (κ1) is 22.2. The fraction of sp³-hybridized carbons (Fsp3) is 0.636. The molecule has 0 spiro atoms. The summed E-state index contributed by atoms with van der Waals surface area (Å²) in [5.41, 5.74) is 0.812. The van der Waals surface area contributed by atoms with E-state index in [0.29, 0.717) is 30.7 Å². The zero-order valence-electron chi connectivity index (χ0n) is 17.2. The van der Waals surface area contributed by atoms with Crippen LogP contribution in [0, 0.1) is 5.92 Å². The van der Waals surface area contributed by atoms with E-state index in [1.54, 1.807) is 0 Å². The number of epoxide rings is 1. The van der Waals surface area contributed by atoms with Gasteiger partial charge in [-0.05, 0) is 18.5 Å². The molecule has 3 aliphatic rings. The summed E-state index contributed by atoms with van der Waals surface area (Å²) in [7, 11) is 2.13. The lowest BCUT2D eigenvalue weighted by Gasteiger charge is -2.38. The highest BCUT2D eigenvalue weighted by Crippen LogP contribution is 2.48. The Morgan fingerprint density at radius 1 is 1.14 bits per heavy atom. The molecule has 3 heterocycles. The van der Waals surface area contributed by atoms with Crippen molar-refractivity contribution in [1.82, 2.24) is 4.90 Å². The van der Waals surface area contributed by atoms with Crippen molar-refractivity contribution in [2.24, 2.45) is 5.92 Å². The second-order valence-electron chi connectivity index (χ2n) is 8.64. The Balaban J connectivity index is 0.00000240. The van der Waals surface area contributed by atoms with Crippen molar-refractivity contribution in [3.05, 3.63) is 35.9 Å². The molecule has 2 bridgehead atoms. The number of carbonyl (C=O) groups is 2. The summed E-state index contributed by atoms with van der Waals surface area (Å²) in [5.74, 6) is -0.969. The van der Waals surface area contributed by atoms with Crippen LogP contribution < -0.4 is 0 Å². The molecule has 0 radical (unpaired) electrons. The number of fused-ring (bicyclic) bond motifs is 5. The molecule has 3 fully saturated rings. The second kappa shape index (κ2) is 9.14. The second-order valence-corrected chi connectivity index (χ2v) is 8.64. The Morgan fingerprint density at radius 2 is 1.76 bits per heavy atom. The molecule has 3 saturated heterocycles. The number of halogens is 1.